The van der Waals surface area contributed by atoms with E-state index >= 15 is 0 Å². The van der Waals surface area contributed by atoms with Gasteiger partial charge < -0.3 is 20.1 Å². The van der Waals surface area contributed by atoms with Crippen LogP contribution in [0.1, 0.15) is 17.2 Å². The Morgan fingerprint density at radius 3 is 2.62 bits per heavy atom. The van der Waals surface area contributed by atoms with Crippen LogP contribution in [0.25, 0.3) is 0 Å². The molecule has 0 saturated carbocycles. The second-order valence-corrected chi connectivity index (χ2v) is 5.37. The number of methoxy groups -OCH3 is 1. The number of hydrogen-bond donors (Lipinski definition) is 2. The molecular formula is C17H24N4O3. The summed E-state index contributed by atoms with van der Waals surface area (Å²) in [5.41, 5.74) is 1.84. The lowest BCUT2D eigenvalue weighted by Gasteiger charge is -2.14. The van der Waals surface area contributed by atoms with E-state index in [0.29, 0.717) is 19.8 Å². The van der Waals surface area contributed by atoms with Crippen molar-refractivity contribution in [3.63, 3.8) is 0 Å². The van der Waals surface area contributed by atoms with Gasteiger partial charge in [0.25, 0.3) is 0 Å². The van der Waals surface area contributed by atoms with Crippen molar-refractivity contribution < 1.29 is 14.3 Å². The molecule has 1 atom stereocenters. The molecule has 1 unspecified atom stereocenters. The first kappa shape index (κ1) is 18.0. The van der Waals surface area contributed by atoms with Gasteiger partial charge in [-0.3, -0.25) is 9.48 Å². The Kier molecular flexibility index (Phi) is 6.77. The quantitative estimate of drug-likeness (QED) is 0.671. The van der Waals surface area contributed by atoms with E-state index in [4.69, 9.17) is 9.47 Å². The third-order valence-electron chi connectivity index (χ3n) is 3.56. The van der Waals surface area contributed by atoms with Crippen molar-refractivity contribution >= 4 is 5.91 Å². The first-order valence-electron chi connectivity index (χ1n) is 7.78. The second-order valence-electron chi connectivity index (χ2n) is 5.37. The second kappa shape index (κ2) is 9.05. The zero-order valence-electron chi connectivity index (χ0n) is 14.3. The molecule has 0 radical (unpaired) electrons. The molecule has 130 valence electrons. The van der Waals surface area contributed by atoms with Crippen LogP contribution in [0.5, 0.6) is 5.75 Å². The Bertz CT molecular complexity index is 640. The summed E-state index contributed by atoms with van der Waals surface area (Å²) in [7, 11) is 5.22. The molecule has 1 amide bonds. The van der Waals surface area contributed by atoms with E-state index in [1.165, 1.54) is 0 Å². The molecule has 1 aromatic carbocycles. The minimum absolute atomic E-state index is 0.0917. The van der Waals surface area contributed by atoms with Crippen molar-refractivity contribution in [2.45, 2.75) is 12.6 Å². The van der Waals surface area contributed by atoms with Crippen molar-refractivity contribution in [2.24, 2.45) is 7.05 Å². The van der Waals surface area contributed by atoms with Crippen molar-refractivity contribution in [1.82, 2.24) is 20.4 Å². The summed E-state index contributed by atoms with van der Waals surface area (Å²) in [6.07, 6.45) is 3.51. The molecule has 0 spiro atoms. The maximum absolute atomic E-state index is 12.3. The number of ether oxygens (including phenoxy) is 2. The molecule has 2 rings (SSSR count). The van der Waals surface area contributed by atoms with Crippen molar-refractivity contribution in [3.8, 4) is 5.75 Å². The normalized spacial score (nSPS) is 12.0. The predicted octanol–water partition coefficient (Wildman–Crippen LogP) is 1.02. The average Bonchev–Trinajstić information content (AvgIpc) is 3.01. The van der Waals surface area contributed by atoms with Crippen LogP contribution in [0, 0.1) is 0 Å². The van der Waals surface area contributed by atoms with E-state index in [2.05, 4.69) is 15.7 Å². The maximum atomic E-state index is 12.3. The van der Waals surface area contributed by atoms with E-state index in [0.717, 1.165) is 16.9 Å². The van der Waals surface area contributed by atoms with Crippen LogP contribution in [-0.4, -0.2) is 43.1 Å². The zero-order valence-corrected chi connectivity index (χ0v) is 14.3. The molecule has 2 aromatic rings. The monoisotopic (exact) mass is 332 g/mol. The van der Waals surface area contributed by atoms with Gasteiger partial charge in [-0.15, -0.1) is 0 Å². The standard InChI is InChI=1S/C17H24N4O3/c1-18-16(14-11-20-21(2)12-14)17(22)19-10-13-4-6-15(7-5-13)24-9-8-23-3/h4-7,11-12,16,18H,8-10H2,1-3H3,(H,19,22). The zero-order chi connectivity index (χ0) is 17.4. The number of hydrogen-bond acceptors (Lipinski definition) is 5. The average molecular weight is 332 g/mol. The molecule has 1 heterocycles. The maximum Gasteiger partial charge on any atom is 0.242 e. The van der Waals surface area contributed by atoms with Crippen molar-refractivity contribution in [3.05, 3.63) is 47.8 Å². The summed E-state index contributed by atoms with van der Waals surface area (Å²) < 4.78 is 12.1. The smallest absolute Gasteiger partial charge is 0.242 e. The predicted molar refractivity (Wildman–Crippen MR) is 90.7 cm³/mol. The summed E-state index contributed by atoms with van der Waals surface area (Å²) in [5, 5.41) is 10.0. The summed E-state index contributed by atoms with van der Waals surface area (Å²) >= 11 is 0. The Labute approximate surface area is 142 Å². The summed E-state index contributed by atoms with van der Waals surface area (Å²) in [5.74, 6) is 0.691. The van der Waals surface area contributed by atoms with Crippen LogP contribution < -0.4 is 15.4 Å². The summed E-state index contributed by atoms with van der Waals surface area (Å²) in [6.45, 7) is 1.52. The van der Waals surface area contributed by atoms with Crippen LogP contribution >= 0.6 is 0 Å². The number of aromatic nitrogens is 2. The fourth-order valence-corrected chi connectivity index (χ4v) is 2.28. The lowest BCUT2D eigenvalue weighted by Crippen LogP contribution is -2.35. The third-order valence-corrected chi connectivity index (χ3v) is 3.56. The van der Waals surface area contributed by atoms with Gasteiger partial charge in [0.05, 0.1) is 12.8 Å². The summed E-state index contributed by atoms with van der Waals surface area (Å²) in [4.78, 5) is 12.3. The van der Waals surface area contributed by atoms with Gasteiger partial charge in [0, 0.05) is 32.5 Å². The highest BCUT2D eigenvalue weighted by atomic mass is 16.5. The number of nitrogens with one attached hydrogen (secondary N) is 2. The Hall–Kier alpha value is -2.38. The fraction of sp³-hybridized carbons (Fsp3) is 0.412. The number of amides is 1. The Morgan fingerprint density at radius 2 is 2.04 bits per heavy atom. The van der Waals surface area contributed by atoms with Crippen LogP contribution in [0.3, 0.4) is 0 Å². The number of rotatable bonds is 9. The molecule has 7 nitrogen and oxygen atoms in total. The first-order chi connectivity index (χ1) is 11.6. The molecule has 0 saturated heterocycles. The van der Waals surface area contributed by atoms with Gasteiger partial charge in [0.1, 0.15) is 18.4 Å². The third kappa shape index (κ3) is 5.07. The molecule has 7 heteroatoms. The number of carbonyl (C=O) groups is 1. The van der Waals surface area contributed by atoms with Crippen LogP contribution in [0.15, 0.2) is 36.7 Å². The lowest BCUT2D eigenvalue weighted by atomic mass is 10.1. The lowest BCUT2D eigenvalue weighted by molar-refractivity contribution is -0.123. The van der Waals surface area contributed by atoms with Gasteiger partial charge in [-0.05, 0) is 24.7 Å². The summed E-state index contributed by atoms with van der Waals surface area (Å²) in [6, 6.07) is 7.21. The molecule has 1 aromatic heterocycles. The van der Waals surface area contributed by atoms with Gasteiger partial charge in [-0.25, -0.2) is 0 Å². The van der Waals surface area contributed by atoms with Crippen molar-refractivity contribution in [2.75, 3.05) is 27.4 Å². The SMILES string of the molecule is CNC(C(=O)NCc1ccc(OCCOC)cc1)c1cnn(C)c1. The highest BCUT2D eigenvalue weighted by Crippen LogP contribution is 2.14. The minimum Gasteiger partial charge on any atom is -0.491 e. The van der Waals surface area contributed by atoms with E-state index in [1.54, 1.807) is 25.0 Å². The molecule has 0 fully saturated rings. The van der Waals surface area contributed by atoms with Gasteiger partial charge >= 0.3 is 0 Å². The highest BCUT2D eigenvalue weighted by Gasteiger charge is 2.19. The van der Waals surface area contributed by atoms with E-state index in [1.807, 2.05) is 37.5 Å². The van der Waals surface area contributed by atoms with Gasteiger partial charge in [0.2, 0.25) is 5.91 Å². The molecule has 2 N–H and O–H groups in total. The fourth-order valence-electron chi connectivity index (χ4n) is 2.28. The Morgan fingerprint density at radius 1 is 1.29 bits per heavy atom. The number of nitrogens with zero attached hydrogens (tertiary/aromatic N) is 2. The van der Waals surface area contributed by atoms with Crippen LogP contribution in [-0.2, 0) is 23.1 Å². The molecule has 0 aliphatic heterocycles. The molecule has 0 aliphatic carbocycles. The molecular weight excluding hydrogens is 308 g/mol. The largest absolute Gasteiger partial charge is 0.491 e. The van der Waals surface area contributed by atoms with E-state index in [-0.39, 0.29) is 5.91 Å². The molecule has 24 heavy (non-hydrogen) atoms. The number of carbonyl (C=O) groups excluding carboxylic acids is 1. The van der Waals surface area contributed by atoms with E-state index < -0.39 is 6.04 Å². The van der Waals surface area contributed by atoms with Gasteiger partial charge in [-0.2, -0.15) is 5.10 Å². The van der Waals surface area contributed by atoms with E-state index in [9.17, 15) is 4.79 Å². The highest BCUT2D eigenvalue weighted by molar-refractivity contribution is 5.83. The van der Waals surface area contributed by atoms with Crippen LogP contribution in [0.2, 0.25) is 0 Å². The number of likely N-dealkylation sites (N-methyl/N-ethyl adjacent to an activating group) is 1. The molecule has 0 aliphatic rings. The van der Waals surface area contributed by atoms with Crippen LogP contribution in [0.4, 0.5) is 0 Å². The van der Waals surface area contributed by atoms with Gasteiger partial charge in [-0.1, -0.05) is 12.1 Å². The Balaban J connectivity index is 1.86. The topological polar surface area (TPSA) is 77.4 Å². The van der Waals surface area contributed by atoms with Gasteiger partial charge in [0.15, 0.2) is 0 Å². The number of aryl methyl sites for hydroxylation is 1. The first-order valence-corrected chi connectivity index (χ1v) is 7.78. The van der Waals surface area contributed by atoms with Crippen molar-refractivity contribution in [1.29, 1.82) is 0 Å². The molecule has 0 bridgehead atoms. The number of benzene rings is 1. The minimum atomic E-state index is -0.421.